The van der Waals surface area contributed by atoms with Gasteiger partial charge < -0.3 is 0 Å². The van der Waals surface area contributed by atoms with Gasteiger partial charge in [0.2, 0.25) is 5.78 Å². The van der Waals surface area contributed by atoms with Gasteiger partial charge in [-0.25, -0.2) is 4.68 Å². The van der Waals surface area contributed by atoms with Crippen LogP contribution in [0.3, 0.4) is 0 Å². The lowest BCUT2D eigenvalue weighted by molar-refractivity contribution is 0.103. The summed E-state index contributed by atoms with van der Waals surface area (Å²) in [6.45, 7) is 1.95. The van der Waals surface area contributed by atoms with Gasteiger partial charge in [0.15, 0.2) is 0 Å². The normalized spacial score (nSPS) is 10.4. The summed E-state index contributed by atoms with van der Waals surface area (Å²) in [5, 5.41) is 7.43. The van der Waals surface area contributed by atoms with E-state index in [1.807, 2.05) is 19.1 Å². The Kier molecular flexibility index (Phi) is 2.87. The first-order chi connectivity index (χ1) is 7.59. The second-order valence-corrected chi connectivity index (χ2v) is 4.39. The summed E-state index contributed by atoms with van der Waals surface area (Å²) < 4.78 is 2.46. The number of hydrogen-bond acceptors (Lipinski definition) is 3. The monoisotopic (exact) mass is 279 g/mol. The van der Waals surface area contributed by atoms with Crippen LogP contribution >= 0.6 is 15.9 Å². The van der Waals surface area contributed by atoms with E-state index in [0.717, 1.165) is 10.0 Å². The maximum absolute atomic E-state index is 12.1. The Morgan fingerprint density at radius 3 is 2.75 bits per heavy atom. The number of nitrogens with zero attached hydrogens (tertiary/aromatic N) is 3. The summed E-state index contributed by atoms with van der Waals surface area (Å²) in [6.07, 6.45) is 1.47. The number of benzene rings is 1. The van der Waals surface area contributed by atoms with Gasteiger partial charge in [-0.2, -0.15) is 0 Å². The van der Waals surface area contributed by atoms with Crippen molar-refractivity contribution >= 4 is 21.7 Å². The lowest BCUT2D eigenvalue weighted by atomic mass is 10.1. The van der Waals surface area contributed by atoms with Crippen LogP contribution in [0.4, 0.5) is 0 Å². The van der Waals surface area contributed by atoms with Gasteiger partial charge in [0.05, 0.1) is 6.20 Å². The summed E-state index contributed by atoms with van der Waals surface area (Å²) in [4.78, 5) is 12.1. The standard InChI is InChI=1S/C11H10BrN3O/c1-7-5-8(3-4-9(7)12)11(16)10-6-13-14-15(10)2/h3-6H,1-2H3. The van der Waals surface area contributed by atoms with E-state index in [1.165, 1.54) is 10.9 Å². The van der Waals surface area contributed by atoms with Crippen LogP contribution in [-0.4, -0.2) is 20.8 Å². The summed E-state index contributed by atoms with van der Waals surface area (Å²) >= 11 is 3.40. The highest BCUT2D eigenvalue weighted by atomic mass is 79.9. The van der Waals surface area contributed by atoms with Gasteiger partial charge in [0.1, 0.15) is 5.69 Å². The Hall–Kier alpha value is -1.49. The molecule has 5 heteroatoms. The number of rotatable bonds is 2. The molecule has 0 spiro atoms. The summed E-state index contributed by atoms with van der Waals surface area (Å²) in [6, 6.07) is 5.50. The van der Waals surface area contributed by atoms with Crippen molar-refractivity contribution in [1.82, 2.24) is 15.0 Å². The molecule has 16 heavy (non-hydrogen) atoms. The van der Waals surface area contributed by atoms with E-state index in [4.69, 9.17) is 0 Å². The number of ketones is 1. The molecule has 0 aliphatic heterocycles. The number of carbonyl (C=O) groups excluding carboxylic acids is 1. The van der Waals surface area contributed by atoms with E-state index in [9.17, 15) is 4.79 Å². The smallest absolute Gasteiger partial charge is 0.212 e. The van der Waals surface area contributed by atoms with Crippen molar-refractivity contribution in [3.8, 4) is 0 Å². The van der Waals surface area contributed by atoms with E-state index >= 15 is 0 Å². The first-order valence-corrected chi connectivity index (χ1v) is 5.54. The average Bonchev–Trinajstić information content (AvgIpc) is 2.67. The molecular formula is C11H10BrN3O. The zero-order valence-corrected chi connectivity index (χ0v) is 10.5. The lowest BCUT2D eigenvalue weighted by Gasteiger charge is -2.03. The maximum atomic E-state index is 12.1. The number of carbonyl (C=O) groups is 1. The van der Waals surface area contributed by atoms with Crippen LogP contribution in [0.15, 0.2) is 28.9 Å². The van der Waals surface area contributed by atoms with Crippen LogP contribution in [-0.2, 0) is 7.05 Å². The molecule has 2 aromatic rings. The molecule has 0 saturated carbocycles. The van der Waals surface area contributed by atoms with Crippen molar-refractivity contribution in [3.05, 3.63) is 45.7 Å². The molecule has 1 aromatic heterocycles. The Balaban J connectivity index is 2.42. The van der Waals surface area contributed by atoms with Gasteiger partial charge in [-0.3, -0.25) is 4.79 Å². The molecule has 0 fully saturated rings. The molecule has 0 unspecified atom stereocenters. The van der Waals surface area contributed by atoms with Gasteiger partial charge in [0.25, 0.3) is 0 Å². The highest BCUT2D eigenvalue weighted by molar-refractivity contribution is 9.10. The molecule has 0 radical (unpaired) electrons. The summed E-state index contributed by atoms with van der Waals surface area (Å²) in [5.41, 5.74) is 2.16. The SMILES string of the molecule is Cc1cc(C(=O)c2cnnn2C)ccc1Br. The molecule has 1 aromatic carbocycles. The molecule has 0 aliphatic rings. The fourth-order valence-corrected chi connectivity index (χ4v) is 1.68. The van der Waals surface area contributed by atoms with Crippen molar-refractivity contribution in [2.75, 3.05) is 0 Å². The molecule has 0 amide bonds. The third kappa shape index (κ3) is 1.90. The third-order valence-electron chi connectivity index (χ3n) is 2.37. The van der Waals surface area contributed by atoms with Crippen LogP contribution in [0.5, 0.6) is 0 Å². The topological polar surface area (TPSA) is 47.8 Å². The molecule has 2 rings (SSSR count). The van der Waals surface area contributed by atoms with Crippen molar-refractivity contribution in [2.24, 2.45) is 7.05 Å². The Bertz CT molecular complexity index is 548. The van der Waals surface area contributed by atoms with E-state index in [0.29, 0.717) is 11.3 Å². The molecule has 0 bridgehead atoms. The van der Waals surface area contributed by atoms with E-state index in [-0.39, 0.29) is 5.78 Å². The van der Waals surface area contributed by atoms with Crippen molar-refractivity contribution in [2.45, 2.75) is 6.92 Å². The molecule has 0 saturated heterocycles. The zero-order valence-electron chi connectivity index (χ0n) is 8.94. The quantitative estimate of drug-likeness (QED) is 0.792. The molecule has 0 atom stereocenters. The molecule has 0 aliphatic carbocycles. The Labute approximate surface area is 101 Å². The van der Waals surface area contributed by atoms with Gasteiger partial charge in [0, 0.05) is 17.1 Å². The second kappa shape index (κ2) is 4.17. The molecule has 1 heterocycles. The van der Waals surface area contributed by atoms with Crippen molar-refractivity contribution < 1.29 is 4.79 Å². The minimum atomic E-state index is -0.0666. The lowest BCUT2D eigenvalue weighted by Crippen LogP contribution is -2.08. The van der Waals surface area contributed by atoms with E-state index in [2.05, 4.69) is 26.2 Å². The summed E-state index contributed by atoms with van der Waals surface area (Å²) in [5.74, 6) is -0.0666. The number of hydrogen-bond donors (Lipinski definition) is 0. The summed E-state index contributed by atoms with van der Waals surface area (Å²) in [7, 11) is 1.70. The van der Waals surface area contributed by atoms with Crippen molar-refractivity contribution in [3.63, 3.8) is 0 Å². The number of halogens is 1. The molecular weight excluding hydrogens is 270 g/mol. The number of aromatic nitrogens is 3. The van der Waals surface area contributed by atoms with Gasteiger partial charge in [-0.05, 0) is 30.7 Å². The molecule has 4 nitrogen and oxygen atoms in total. The highest BCUT2D eigenvalue weighted by Crippen LogP contribution is 2.18. The zero-order chi connectivity index (χ0) is 11.7. The Morgan fingerprint density at radius 2 is 2.19 bits per heavy atom. The Morgan fingerprint density at radius 1 is 1.44 bits per heavy atom. The van der Waals surface area contributed by atoms with Gasteiger partial charge >= 0.3 is 0 Å². The van der Waals surface area contributed by atoms with Crippen LogP contribution in [0.1, 0.15) is 21.6 Å². The first kappa shape index (κ1) is 11.0. The van der Waals surface area contributed by atoms with E-state index in [1.54, 1.807) is 13.1 Å². The van der Waals surface area contributed by atoms with E-state index < -0.39 is 0 Å². The third-order valence-corrected chi connectivity index (χ3v) is 3.26. The fourth-order valence-electron chi connectivity index (χ4n) is 1.43. The fraction of sp³-hybridized carbons (Fsp3) is 0.182. The largest absolute Gasteiger partial charge is 0.287 e. The predicted molar refractivity (Wildman–Crippen MR) is 63.3 cm³/mol. The second-order valence-electron chi connectivity index (χ2n) is 3.54. The predicted octanol–water partition coefficient (Wildman–Crippen LogP) is 2.12. The van der Waals surface area contributed by atoms with Crippen molar-refractivity contribution in [1.29, 1.82) is 0 Å². The minimum Gasteiger partial charge on any atom is -0.287 e. The van der Waals surface area contributed by atoms with Crippen LogP contribution in [0.2, 0.25) is 0 Å². The van der Waals surface area contributed by atoms with Crippen LogP contribution in [0, 0.1) is 6.92 Å². The van der Waals surface area contributed by atoms with Gasteiger partial charge in [-0.15, -0.1) is 5.10 Å². The van der Waals surface area contributed by atoms with Crippen LogP contribution in [0.25, 0.3) is 0 Å². The molecule has 82 valence electrons. The highest BCUT2D eigenvalue weighted by Gasteiger charge is 2.13. The minimum absolute atomic E-state index is 0.0666. The maximum Gasteiger partial charge on any atom is 0.212 e. The first-order valence-electron chi connectivity index (χ1n) is 4.75. The molecule has 0 N–H and O–H groups in total. The number of aryl methyl sites for hydroxylation is 2. The van der Waals surface area contributed by atoms with Crippen LogP contribution < -0.4 is 0 Å². The average molecular weight is 280 g/mol. The van der Waals surface area contributed by atoms with Gasteiger partial charge in [-0.1, -0.05) is 21.1 Å².